The molecule has 0 aromatic carbocycles. The van der Waals surface area contributed by atoms with Crippen LogP contribution in [0, 0.1) is 18.8 Å². The lowest BCUT2D eigenvalue weighted by molar-refractivity contribution is -0.185. The molecule has 0 amide bonds. The number of nitrogens with zero attached hydrogens (tertiary/aromatic N) is 6. The van der Waals surface area contributed by atoms with E-state index in [4.69, 9.17) is 4.98 Å². The maximum Gasteiger partial charge on any atom is 0.257 e. The zero-order chi connectivity index (χ0) is 30.8. The molecule has 9 nitrogen and oxygen atoms in total. The van der Waals surface area contributed by atoms with Gasteiger partial charge in [-0.05, 0) is 94.1 Å². The summed E-state index contributed by atoms with van der Waals surface area (Å²) in [5.74, 6) is 1.88. The normalized spacial score (nSPS) is 21.1. The second-order valence-corrected chi connectivity index (χ2v) is 13.0. The molecule has 2 aromatic heterocycles. The zero-order valence-corrected chi connectivity index (χ0v) is 26.5. The van der Waals surface area contributed by atoms with Crippen molar-refractivity contribution in [1.29, 1.82) is 0 Å². The van der Waals surface area contributed by atoms with E-state index in [1.165, 1.54) is 5.06 Å². The minimum Gasteiger partial charge on any atom is -0.312 e. The van der Waals surface area contributed by atoms with Crippen LogP contribution in [-0.2, 0) is 19.4 Å². The largest absolute Gasteiger partial charge is 0.312 e. The molecule has 3 heterocycles. The molecular formula is C33H47N7O2. The highest BCUT2D eigenvalue weighted by molar-refractivity contribution is 5.82. The van der Waals surface area contributed by atoms with Crippen molar-refractivity contribution in [2.24, 2.45) is 11.8 Å². The second-order valence-electron chi connectivity index (χ2n) is 13.0. The molecule has 2 atom stereocenters. The summed E-state index contributed by atoms with van der Waals surface area (Å²) in [7, 11) is 0. The van der Waals surface area contributed by atoms with Gasteiger partial charge in [-0.15, -0.1) is 10.2 Å². The number of H-pyrrole nitrogens is 1. The van der Waals surface area contributed by atoms with Crippen molar-refractivity contribution >= 4 is 5.57 Å². The Labute approximate surface area is 249 Å². The Morgan fingerprint density at radius 1 is 1.31 bits per heavy atom. The fourth-order valence-corrected chi connectivity index (χ4v) is 6.18. The van der Waals surface area contributed by atoms with Crippen LogP contribution in [0.25, 0.3) is 5.57 Å². The third kappa shape index (κ3) is 6.32. The Balaban J connectivity index is 1.61. The van der Waals surface area contributed by atoms with Crippen LogP contribution in [-0.4, -0.2) is 51.5 Å². The first kappa shape index (κ1) is 31.5. The van der Waals surface area contributed by atoms with Crippen LogP contribution in [0.4, 0.5) is 0 Å². The molecule has 2 aromatic rings. The molecule has 1 aliphatic heterocycles. The van der Waals surface area contributed by atoms with Gasteiger partial charge in [0.25, 0.3) is 5.56 Å². The molecule has 0 saturated heterocycles. The van der Waals surface area contributed by atoms with Crippen LogP contribution in [0.2, 0.25) is 0 Å². The number of aromatic nitrogens is 6. The average Bonchev–Trinajstić information content (AvgIpc) is 3.52. The molecule has 0 saturated carbocycles. The molecule has 0 bridgehead atoms. The molecule has 9 heteroatoms. The lowest BCUT2D eigenvalue weighted by Gasteiger charge is -2.36. The van der Waals surface area contributed by atoms with Crippen molar-refractivity contribution in [2.75, 3.05) is 0 Å². The maximum atomic E-state index is 14.1. The van der Waals surface area contributed by atoms with Gasteiger partial charge in [0.05, 0.1) is 23.3 Å². The van der Waals surface area contributed by atoms with Gasteiger partial charge in [0.1, 0.15) is 5.82 Å². The van der Waals surface area contributed by atoms with Gasteiger partial charge in [0.15, 0.2) is 0 Å². The minimum atomic E-state index is -0.586. The Morgan fingerprint density at radius 2 is 2.05 bits per heavy atom. The molecule has 0 fully saturated rings. The summed E-state index contributed by atoms with van der Waals surface area (Å²) in [6.07, 6.45) is 14.6. The molecule has 42 heavy (non-hydrogen) atoms. The van der Waals surface area contributed by atoms with E-state index in [0.29, 0.717) is 30.5 Å². The van der Waals surface area contributed by atoms with Gasteiger partial charge in [-0.3, -0.25) is 9.36 Å². The first-order valence-corrected chi connectivity index (χ1v) is 15.1. The summed E-state index contributed by atoms with van der Waals surface area (Å²) in [4.78, 5) is 19.0. The van der Waals surface area contributed by atoms with Crippen LogP contribution in [0.5, 0.6) is 0 Å². The Morgan fingerprint density at radius 3 is 2.64 bits per heavy atom. The number of tetrazole rings is 1. The lowest BCUT2D eigenvalue weighted by atomic mass is 9.86. The maximum absolute atomic E-state index is 14.1. The molecule has 226 valence electrons. The molecule has 2 unspecified atom stereocenters. The van der Waals surface area contributed by atoms with Crippen LogP contribution < -0.4 is 5.56 Å². The molecule has 2 N–H and O–H groups in total. The van der Waals surface area contributed by atoms with Gasteiger partial charge in [-0.25, -0.2) is 4.98 Å². The number of aryl methyl sites for hydroxylation is 2. The molecule has 4 rings (SSSR count). The van der Waals surface area contributed by atoms with Crippen LogP contribution in [0.15, 0.2) is 58.5 Å². The van der Waals surface area contributed by atoms with E-state index in [1.807, 2.05) is 40.7 Å². The monoisotopic (exact) mass is 573 g/mol. The molecule has 0 spiro atoms. The quantitative estimate of drug-likeness (QED) is 0.253. The third-order valence-electron chi connectivity index (χ3n) is 8.59. The van der Waals surface area contributed by atoms with E-state index in [1.54, 1.807) is 4.57 Å². The van der Waals surface area contributed by atoms with Gasteiger partial charge >= 0.3 is 0 Å². The van der Waals surface area contributed by atoms with Crippen molar-refractivity contribution in [3.05, 3.63) is 86.9 Å². The summed E-state index contributed by atoms with van der Waals surface area (Å²) >= 11 is 0. The number of aromatic amines is 1. The molecular weight excluding hydrogens is 526 g/mol. The van der Waals surface area contributed by atoms with Crippen molar-refractivity contribution in [3.63, 3.8) is 0 Å². The van der Waals surface area contributed by atoms with Crippen molar-refractivity contribution in [3.8, 4) is 0 Å². The van der Waals surface area contributed by atoms with Crippen molar-refractivity contribution in [1.82, 2.24) is 35.2 Å². The van der Waals surface area contributed by atoms with Crippen LogP contribution in [0.3, 0.4) is 0 Å². The van der Waals surface area contributed by atoms with Crippen molar-refractivity contribution < 1.29 is 5.21 Å². The molecule has 0 radical (unpaired) electrons. The molecule has 2 aliphatic rings. The van der Waals surface area contributed by atoms with E-state index in [2.05, 4.69) is 72.3 Å². The summed E-state index contributed by atoms with van der Waals surface area (Å²) in [5, 5.41) is 26.9. The number of hydroxylamine groups is 2. The standard InChI is InChI=1S/C33H47N7O2/c1-10-12-29-28(31(41)39(23(5)34-29)20-25-19-32(6,7)40(42)33(25,8)9)18-21(3)13-15-24(11-2)26-16-14-22(4)17-27(26)30-35-37-38-36-30/h11,15-17,19,21-22,42H,2,10,12-14,18,20H2,1,3-9H3,(H,35,36,37,38). The van der Waals surface area contributed by atoms with Gasteiger partial charge in [0.2, 0.25) is 5.82 Å². The van der Waals surface area contributed by atoms with Gasteiger partial charge in [-0.2, -0.15) is 10.3 Å². The van der Waals surface area contributed by atoms with Crippen LogP contribution in [0.1, 0.15) is 90.6 Å². The summed E-state index contributed by atoms with van der Waals surface area (Å²) < 4.78 is 1.78. The SMILES string of the molecule is C=CC(=CCC(C)Cc1c(CCC)nc(C)n(CC2=CC(C)(C)N(O)C2(C)C)c1=O)C1=CCC(C)C=C1c1nn[nH]n1. The topological polar surface area (TPSA) is 113 Å². The highest BCUT2D eigenvalue weighted by atomic mass is 16.5. The number of hydrogen-bond donors (Lipinski definition) is 2. The lowest BCUT2D eigenvalue weighted by Crippen LogP contribution is -2.48. The van der Waals surface area contributed by atoms with E-state index in [0.717, 1.165) is 59.2 Å². The molecule has 1 aliphatic carbocycles. The minimum absolute atomic E-state index is 0.0166. The van der Waals surface area contributed by atoms with Crippen LogP contribution >= 0.6 is 0 Å². The predicted octanol–water partition coefficient (Wildman–Crippen LogP) is 5.94. The number of nitrogens with one attached hydrogen (secondary N) is 1. The third-order valence-corrected chi connectivity index (χ3v) is 8.59. The first-order valence-electron chi connectivity index (χ1n) is 15.1. The van der Waals surface area contributed by atoms with E-state index < -0.39 is 11.1 Å². The van der Waals surface area contributed by atoms with Gasteiger partial charge in [0, 0.05) is 11.1 Å². The number of allylic oxidation sites excluding steroid dienone is 7. The summed E-state index contributed by atoms with van der Waals surface area (Å²) in [6.45, 7) is 20.8. The number of rotatable bonds is 11. The Kier molecular flexibility index (Phi) is 9.33. The van der Waals surface area contributed by atoms with E-state index >= 15 is 0 Å². The van der Waals surface area contributed by atoms with Gasteiger partial charge in [-0.1, -0.05) is 64.2 Å². The van der Waals surface area contributed by atoms with Crippen molar-refractivity contribution in [2.45, 2.75) is 105 Å². The smallest absolute Gasteiger partial charge is 0.257 e. The van der Waals surface area contributed by atoms with E-state index in [-0.39, 0.29) is 11.5 Å². The highest BCUT2D eigenvalue weighted by Crippen LogP contribution is 2.39. The average molecular weight is 574 g/mol. The highest BCUT2D eigenvalue weighted by Gasteiger charge is 2.45. The second kappa shape index (κ2) is 12.4. The fourth-order valence-electron chi connectivity index (χ4n) is 6.18. The predicted molar refractivity (Wildman–Crippen MR) is 167 cm³/mol. The van der Waals surface area contributed by atoms with E-state index in [9.17, 15) is 10.0 Å². The summed E-state index contributed by atoms with van der Waals surface area (Å²) in [6, 6.07) is 0. The Bertz CT molecular complexity index is 1490. The summed E-state index contributed by atoms with van der Waals surface area (Å²) in [5.41, 5.74) is 4.67. The van der Waals surface area contributed by atoms with Gasteiger partial charge < -0.3 is 5.21 Å². The fraction of sp³-hybridized carbons (Fsp3) is 0.545. The Hall–Kier alpha value is -3.43. The first-order chi connectivity index (χ1) is 19.8. The number of hydrogen-bond acceptors (Lipinski definition) is 7. The zero-order valence-electron chi connectivity index (χ0n) is 26.5.